The van der Waals surface area contributed by atoms with Crippen LogP contribution in [0, 0.1) is 0 Å². The molecule has 2 fully saturated rings. The van der Waals surface area contributed by atoms with Crippen molar-refractivity contribution in [3.05, 3.63) is 11.3 Å². The lowest BCUT2D eigenvalue weighted by atomic mass is 10.1. The highest BCUT2D eigenvalue weighted by Crippen LogP contribution is 2.28. The number of anilines is 2. The molecule has 1 aromatic heterocycles. The van der Waals surface area contributed by atoms with Gasteiger partial charge in [0, 0.05) is 26.2 Å². The number of hydrogen-bond donors (Lipinski definition) is 1. The molecule has 0 aromatic carbocycles. The van der Waals surface area contributed by atoms with E-state index in [4.69, 9.17) is 17.3 Å². The SMILES string of the molecule is CN1CCC[C@@H]1C(=O)N1CCN(c2ncnc(N)c2Cl)CC1. The van der Waals surface area contributed by atoms with E-state index in [1.165, 1.54) is 6.33 Å². The van der Waals surface area contributed by atoms with E-state index >= 15 is 0 Å². The maximum Gasteiger partial charge on any atom is 0.240 e. The second kappa shape index (κ2) is 6.26. The molecule has 0 saturated carbocycles. The zero-order valence-corrected chi connectivity index (χ0v) is 13.5. The molecule has 2 N–H and O–H groups in total. The monoisotopic (exact) mass is 324 g/mol. The summed E-state index contributed by atoms with van der Waals surface area (Å²) in [6, 6.07) is 0.0461. The summed E-state index contributed by atoms with van der Waals surface area (Å²) in [4.78, 5) is 26.8. The summed E-state index contributed by atoms with van der Waals surface area (Å²) in [5.41, 5.74) is 5.72. The fourth-order valence-electron chi connectivity index (χ4n) is 3.17. The first-order valence-electron chi connectivity index (χ1n) is 7.58. The zero-order chi connectivity index (χ0) is 15.7. The van der Waals surface area contributed by atoms with Gasteiger partial charge in [-0.2, -0.15) is 0 Å². The number of nitrogens with zero attached hydrogens (tertiary/aromatic N) is 5. The lowest BCUT2D eigenvalue weighted by molar-refractivity contribution is -0.135. The van der Waals surface area contributed by atoms with Gasteiger partial charge in [0.05, 0.1) is 6.04 Å². The van der Waals surface area contributed by atoms with Crippen molar-refractivity contribution in [2.24, 2.45) is 0 Å². The molecule has 0 bridgehead atoms. The van der Waals surface area contributed by atoms with Gasteiger partial charge in [-0.3, -0.25) is 9.69 Å². The van der Waals surface area contributed by atoms with Crippen molar-refractivity contribution in [2.45, 2.75) is 18.9 Å². The molecule has 1 aromatic rings. The van der Waals surface area contributed by atoms with Crippen molar-refractivity contribution >= 4 is 29.1 Å². The largest absolute Gasteiger partial charge is 0.382 e. The van der Waals surface area contributed by atoms with Crippen molar-refractivity contribution in [1.29, 1.82) is 0 Å². The van der Waals surface area contributed by atoms with Crippen LogP contribution < -0.4 is 10.6 Å². The zero-order valence-electron chi connectivity index (χ0n) is 12.7. The Morgan fingerprint density at radius 2 is 2.00 bits per heavy atom. The molecule has 7 nitrogen and oxygen atoms in total. The number of likely N-dealkylation sites (N-methyl/N-ethyl adjacent to an activating group) is 1. The number of carbonyl (C=O) groups excluding carboxylic acids is 1. The second-order valence-electron chi connectivity index (χ2n) is 5.85. The number of nitrogen functional groups attached to an aromatic ring is 1. The first kappa shape index (κ1) is 15.3. The van der Waals surface area contributed by atoms with Gasteiger partial charge in [-0.15, -0.1) is 0 Å². The quantitative estimate of drug-likeness (QED) is 0.851. The van der Waals surface area contributed by atoms with Gasteiger partial charge in [-0.05, 0) is 26.4 Å². The highest BCUT2D eigenvalue weighted by atomic mass is 35.5. The van der Waals surface area contributed by atoms with E-state index in [2.05, 4.69) is 19.8 Å². The highest BCUT2D eigenvalue weighted by molar-refractivity contribution is 6.35. The van der Waals surface area contributed by atoms with Gasteiger partial charge >= 0.3 is 0 Å². The van der Waals surface area contributed by atoms with Crippen LogP contribution >= 0.6 is 11.6 Å². The van der Waals surface area contributed by atoms with Gasteiger partial charge in [0.2, 0.25) is 5.91 Å². The summed E-state index contributed by atoms with van der Waals surface area (Å²) in [6.07, 6.45) is 3.48. The summed E-state index contributed by atoms with van der Waals surface area (Å²) in [7, 11) is 2.02. The third kappa shape index (κ3) is 2.83. The molecule has 1 atom stereocenters. The smallest absolute Gasteiger partial charge is 0.240 e. The van der Waals surface area contributed by atoms with Crippen LogP contribution in [-0.2, 0) is 4.79 Å². The number of carbonyl (C=O) groups is 1. The van der Waals surface area contributed by atoms with Crippen molar-refractivity contribution in [1.82, 2.24) is 19.8 Å². The standard InChI is InChI=1S/C14H21ClN6O/c1-19-4-2-3-10(19)14(22)21-7-5-20(6-8-21)13-11(15)12(16)17-9-18-13/h9-10H,2-8H2,1H3,(H2,16,17,18)/t10-/m1/s1. The fourth-order valence-corrected chi connectivity index (χ4v) is 3.38. The molecule has 3 rings (SSSR count). The summed E-state index contributed by atoms with van der Waals surface area (Å²) < 4.78 is 0. The van der Waals surface area contributed by atoms with Gasteiger partial charge in [-0.25, -0.2) is 9.97 Å². The van der Waals surface area contributed by atoms with Crippen molar-refractivity contribution in [3.8, 4) is 0 Å². The average molecular weight is 325 g/mol. The Bertz CT molecular complexity index is 560. The Morgan fingerprint density at radius 3 is 2.64 bits per heavy atom. The van der Waals surface area contributed by atoms with Gasteiger partial charge in [0.25, 0.3) is 0 Å². The molecule has 0 aliphatic carbocycles. The Balaban J connectivity index is 1.63. The molecule has 120 valence electrons. The normalized spacial score (nSPS) is 23.1. The van der Waals surface area contributed by atoms with E-state index in [1.54, 1.807) is 0 Å². The molecule has 22 heavy (non-hydrogen) atoms. The molecule has 8 heteroatoms. The van der Waals surface area contributed by atoms with E-state index in [1.807, 2.05) is 11.9 Å². The third-order valence-corrected chi connectivity index (χ3v) is 4.86. The first-order chi connectivity index (χ1) is 10.6. The molecular formula is C14H21ClN6O. The number of rotatable bonds is 2. The number of piperazine rings is 1. The summed E-state index contributed by atoms with van der Waals surface area (Å²) in [5, 5.41) is 0.387. The Kier molecular flexibility index (Phi) is 4.35. The van der Waals surface area contributed by atoms with Gasteiger partial charge in [0.15, 0.2) is 5.82 Å². The first-order valence-corrected chi connectivity index (χ1v) is 7.95. The summed E-state index contributed by atoms with van der Waals surface area (Å²) in [5.74, 6) is 1.19. The molecule has 2 aliphatic heterocycles. The van der Waals surface area contributed by atoms with E-state index in [0.29, 0.717) is 37.0 Å². The van der Waals surface area contributed by atoms with Crippen LogP contribution in [0.5, 0.6) is 0 Å². The molecule has 0 radical (unpaired) electrons. The van der Waals surface area contributed by atoms with E-state index in [-0.39, 0.29) is 17.8 Å². The predicted octanol–water partition coefficient (Wildman–Crippen LogP) is 0.455. The minimum atomic E-state index is 0.0461. The van der Waals surface area contributed by atoms with Crippen LogP contribution in [0.1, 0.15) is 12.8 Å². The Labute approximate surface area is 135 Å². The highest BCUT2D eigenvalue weighted by Gasteiger charge is 2.33. The topological polar surface area (TPSA) is 78.6 Å². The van der Waals surface area contributed by atoms with E-state index < -0.39 is 0 Å². The minimum Gasteiger partial charge on any atom is -0.382 e. The Hall–Kier alpha value is -1.60. The third-order valence-electron chi connectivity index (χ3n) is 4.49. The maximum atomic E-state index is 12.6. The molecular weight excluding hydrogens is 304 g/mol. The van der Waals surface area contributed by atoms with Crippen LogP contribution in [0.4, 0.5) is 11.6 Å². The van der Waals surface area contributed by atoms with Crippen LogP contribution in [0.3, 0.4) is 0 Å². The number of hydrogen-bond acceptors (Lipinski definition) is 6. The lowest BCUT2D eigenvalue weighted by Gasteiger charge is -2.37. The van der Waals surface area contributed by atoms with Crippen LogP contribution in [0.2, 0.25) is 5.02 Å². The average Bonchev–Trinajstić information content (AvgIpc) is 2.96. The minimum absolute atomic E-state index is 0.0461. The van der Waals surface area contributed by atoms with E-state index in [0.717, 1.165) is 19.4 Å². The fraction of sp³-hybridized carbons (Fsp3) is 0.643. The van der Waals surface area contributed by atoms with Gasteiger partial charge in [0.1, 0.15) is 17.2 Å². The number of nitrogens with two attached hydrogens (primary N) is 1. The molecule has 0 unspecified atom stereocenters. The van der Waals surface area contributed by atoms with E-state index in [9.17, 15) is 4.79 Å². The van der Waals surface area contributed by atoms with Gasteiger partial charge in [-0.1, -0.05) is 11.6 Å². The molecule has 3 heterocycles. The van der Waals surface area contributed by atoms with Crippen LogP contribution in [-0.4, -0.2) is 71.5 Å². The van der Waals surface area contributed by atoms with Crippen molar-refractivity contribution < 1.29 is 4.79 Å². The number of amides is 1. The van der Waals surface area contributed by atoms with Crippen LogP contribution in [0.15, 0.2) is 6.33 Å². The van der Waals surface area contributed by atoms with Gasteiger partial charge < -0.3 is 15.5 Å². The summed E-state index contributed by atoms with van der Waals surface area (Å²) in [6.45, 7) is 3.79. The molecule has 2 saturated heterocycles. The number of halogens is 1. The number of aromatic nitrogens is 2. The second-order valence-corrected chi connectivity index (χ2v) is 6.23. The Morgan fingerprint density at radius 1 is 1.27 bits per heavy atom. The number of likely N-dealkylation sites (tertiary alicyclic amines) is 1. The molecule has 2 aliphatic rings. The van der Waals surface area contributed by atoms with Crippen molar-refractivity contribution in [2.75, 3.05) is 50.4 Å². The van der Waals surface area contributed by atoms with Crippen LogP contribution in [0.25, 0.3) is 0 Å². The molecule has 0 spiro atoms. The lowest BCUT2D eigenvalue weighted by Crippen LogP contribution is -2.53. The summed E-state index contributed by atoms with van der Waals surface area (Å²) >= 11 is 6.17. The maximum absolute atomic E-state index is 12.6. The predicted molar refractivity (Wildman–Crippen MR) is 85.9 cm³/mol. The molecule has 1 amide bonds. The van der Waals surface area contributed by atoms with Crippen molar-refractivity contribution in [3.63, 3.8) is 0 Å².